The summed E-state index contributed by atoms with van der Waals surface area (Å²) in [5.74, 6) is 0. The summed E-state index contributed by atoms with van der Waals surface area (Å²) in [6.45, 7) is 7.04. The Hall–Kier alpha value is -1.67. The number of likely N-dealkylation sites (tertiary alicyclic amines) is 1. The molecule has 2 N–H and O–H groups in total. The molecule has 1 aromatic carbocycles. The summed E-state index contributed by atoms with van der Waals surface area (Å²) in [6.07, 6.45) is 5.28. The van der Waals surface area contributed by atoms with Crippen LogP contribution in [0.25, 0.3) is 11.0 Å². The summed E-state index contributed by atoms with van der Waals surface area (Å²) >= 11 is 0. The molecular formula is C22H33N5O2. The molecule has 4 heterocycles. The van der Waals surface area contributed by atoms with E-state index in [4.69, 9.17) is 4.74 Å². The second-order valence-corrected chi connectivity index (χ2v) is 8.94. The average Bonchev–Trinajstić information content (AvgIpc) is 2.98. The van der Waals surface area contributed by atoms with E-state index in [0.717, 1.165) is 82.5 Å². The molecule has 0 amide bonds. The number of aryl methyl sites for hydroxylation is 1. The molecule has 0 radical (unpaired) electrons. The molecule has 0 bridgehead atoms. The van der Waals surface area contributed by atoms with E-state index in [1.165, 1.54) is 5.56 Å². The predicted molar refractivity (Wildman–Crippen MR) is 114 cm³/mol. The van der Waals surface area contributed by atoms with Crippen molar-refractivity contribution in [3.8, 4) is 0 Å². The van der Waals surface area contributed by atoms with E-state index in [1.54, 1.807) is 0 Å². The van der Waals surface area contributed by atoms with Crippen LogP contribution in [-0.4, -0.2) is 65.5 Å². The van der Waals surface area contributed by atoms with Gasteiger partial charge >= 0.3 is 5.69 Å². The molecule has 3 saturated heterocycles. The minimum absolute atomic E-state index is 0.102. The van der Waals surface area contributed by atoms with Crippen molar-refractivity contribution in [3.05, 3.63) is 34.2 Å². The Balaban J connectivity index is 1.25. The fourth-order valence-corrected chi connectivity index (χ4v) is 5.11. The second-order valence-electron chi connectivity index (χ2n) is 8.94. The smallest absolute Gasteiger partial charge is 0.329 e. The Morgan fingerprint density at radius 3 is 2.62 bits per heavy atom. The molecule has 158 valence electrons. The number of fused-ring (bicyclic) bond motifs is 1. The van der Waals surface area contributed by atoms with Crippen molar-refractivity contribution >= 4 is 11.0 Å². The van der Waals surface area contributed by atoms with Crippen molar-refractivity contribution in [2.45, 2.75) is 50.5 Å². The van der Waals surface area contributed by atoms with Gasteiger partial charge in [0.1, 0.15) is 0 Å². The van der Waals surface area contributed by atoms with Gasteiger partial charge < -0.3 is 15.4 Å². The lowest BCUT2D eigenvalue weighted by Crippen LogP contribution is -2.53. The fraction of sp³-hybridized carbons (Fsp3) is 0.682. The number of rotatable bonds is 5. The van der Waals surface area contributed by atoms with Crippen LogP contribution in [0.5, 0.6) is 0 Å². The van der Waals surface area contributed by atoms with E-state index < -0.39 is 0 Å². The number of nitrogens with one attached hydrogen (secondary N) is 2. The molecule has 7 nitrogen and oxygen atoms in total. The van der Waals surface area contributed by atoms with Crippen LogP contribution in [0.2, 0.25) is 0 Å². The third-order valence-corrected chi connectivity index (χ3v) is 6.79. The van der Waals surface area contributed by atoms with Crippen molar-refractivity contribution in [2.24, 2.45) is 7.05 Å². The lowest BCUT2D eigenvalue weighted by molar-refractivity contribution is -0.102. The van der Waals surface area contributed by atoms with Crippen LogP contribution in [0, 0.1) is 0 Å². The third-order valence-electron chi connectivity index (χ3n) is 6.79. The first-order valence-electron chi connectivity index (χ1n) is 11.2. The highest BCUT2D eigenvalue weighted by atomic mass is 16.5. The summed E-state index contributed by atoms with van der Waals surface area (Å²) in [4.78, 5) is 15.3. The van der Waals surface area contributed by atoms with E-state index >= 15 is 0 Å². The molecular weight excluding hydrogens is 366 g/mol. The molecule has 0 saturated carbocycles. The highest BCUT2D eigenvalue weighted by Gasteiger charge is 2.30. The minimum atomic E-state index is 0.102. The SMILES string of the molecule is Cn1c(=O)n(C2CCCNC2)c2ccc(CN3CC(OC4CCNCC4)C3)cc21. The Morgan fingerprint density at radius 1 is 1.03 bits per heavy atom. The number of ether oxygens (including phenoxy) is 1. The molecule has 1 aromatic heterocycles. The predicted octanol–water partition coefficient (Wildman–Crippen LogP) is 1.22. The molecule has 7 heteroatoms. The van der Waals surface area contributed by atoms with Gasteiger partial charge in [0.15, 0.2) is 0 Å². The number of hydrogen-bond acceptors (Lipinski definition) is 5. The number of piperidine rings is 2. The van der Waals surface area contributed by atoms with Crippen molar-refractivity contribution in [2.75, 3.05) is 39.3 Å². The maximum atomic E-state index is 12.9. The minimum Gasteiger partial charge on any atom is -0.372 e. The molecule has 3 aliphatic rings. The van der Waals surface area contributed by atoms with E-state index in [-0.39, 0.29) is 11.7 Å². The number of nitrogens with zero attached hydrogens (tertiary/aromatic N) is 3. The molecule has 3 fully saturated rings. The van der Waals surface area contributed by atoms with Gasteiger partial charge in [-0.25, -0.2) is 4.79 Å². The molecule has 0 aliphatic carbocycles. The van der Waals surface area contributed by atoms with Gasteiger partial charge in [-0.15, -0.1) is 0 Å². The Labute approximate surface area is 172 Å². The van der Waals surface area contributed by atoms with Crippen molar-refractivity contribution in [1.82, 2.24) is 24.7 Å². The Kier molecular flexibility index (Phi) is 5.47. The third kappa shape index (κ3) is 3.89. The van der Waals surface area contributed by atoms with Crippen LogP contribution in [-0.2, 0) is 18.3 Å². The van der Waals surface area contributed by atoms with Gasteiger partial charge in [0.05, 0.1) is 29.3 Å². The maximum absolute atomic E-state index is 12.9. The summed E-state index contributed by atoms with van der Waals surface area (Å²) in [5.41, 5.74) is 3.48. The van der Waals surface area contributed by atoms with E-state index in [9.17, 15) is 4.79 Å². The topological polar surface area (TPSA) is 63.5 Å². The standard InChI is InChI=1S/C22H33N5O2/c1-25-21-11-16(13-26-14-19(15-26)29-18-6-9-23-10-7-18)4-5-20(21)27(22(25)28)17-3-2-8-24-12-17/h4-5,11,17-19,23-24H,2-3,6-10,12-15H2,1H3. The van der Waals surface area contributed by atoms with Crippen molar-refractivity contribution < 1.29 is 4.74 Å². The van der Waals surface area contributed by atoms with Gasteiger partial charge in [0.2, 0.25) is 0 Å². The van der Waals surface area contributed by atoms with Crippen LogP contribution < -0.4 is 16.3 Å². The Bertz CT molecular complexity index is 902. The quantitative estimate of drug-likeness (QED) is 0.792. The van der Waals surface area contributed by atoms with Gasteiger partial charge in [-0.2, -0.15) is 0 Å². The highest BCUT2D eigenvalue weighted by Crippen LogP contribution is 2.25. The largest absolute Gasteiger partial charge is 0.372 e. The zero-order valence-corrected chi connectivity index (χ0v) is 17.4. The number of hydrogen-bond donors (Lipinski definition) is 2. The van der Waals surface area contributed by atoms with Crippen LogP contribution >= 0.6 is 0 Å². The van der Waals surface area contributed by atoms with E-state index in [1.807, 2.05) is 16.2 Å². The summed E-state index contributed by atoms with van der Waals surface area (Å²) in [5, 5.41) is 6.82. The number of benzene rings is 1. The number of imidazole rings is 1. The molecule has 2 aromatic rings. The zero-order valence-electron chi connectivity index (χ0n) is 17.4. The van der Waals surface area contributed by atoms with Gasteiger partial charge in [-0.1, -0.05) is 6.07 Å². The molecule has 3 aliphatic heterocycles. The molecule has 0 spiro atoms. The first kappa shape index (κ1) is 19.3. The van der Waals surface area contributed by atoms with E-state index in [0.29, 0.717) is 12.2 Å². The van der Waals surface area contributed by atoms with Crippen LogP contribution in [0.3, 0.4) is 0 Å². The van der Waals surface area contributed by atoms with Crippen molar-refractivity contribution in [1.29, 1.82) is 0 Å². The lowest BCUT2D eigenvalue weighted by atomic mass is 10.1. The second kappa shape index (κ2) is 8.22. The van der Waals surface area contributed by atoms with Gasteiger partial charge in [0, 0.05) is 33.2 Å². The van der Waals surface area contributed by atoms with E-state index in [2.05, 4.69) is 33.7 Å². The van der Waals surface area contributed by atoms with Gasteiger partial charge in [0.25, 0.3) is 0 Å². The van der Waals surface area contributed by atoms with Gasteiger partial charge in [-0.3, -0.25) is 14.0 Å². The van der Waals surface area contributed by atoms with Crippen LogP contribution in [0.15, 0.2) is 23.0 Å². The summed E-state index contributed by atoms with van der Waals surface area (Å²) in [7, 11) is 1.90. The van der Waals surface area contributed by atoms with Crippen LogP contribution in [0.1, 0.15) is 37.3 Å². The molecule has 1 atom stereocenters. The summed E-state index contributed by atoms with van der Waals surface area (Å²) < 4.78 is 10.0. The average molecular weight is 400 g/mol. The maximum Gasteiger partial charge on any atom is 0.329 e. The summed E-state index contributed by atoms with van der Waals surface area (Å²) in [6, 6.07) is 6.79. The van der Waals surface area contributed by atoms with Crippen molar-refractivity contribution in [3.63, 3.8) is 0 Å². The monoisotopic (exact) mass is 399 g/mol. The first-order valence-corrected chi connectivity index (χ1v) is 11.2. The number of aromatic nitrogens is 2. The Morgan fingerprint density at radius 2 is 1.86 bits per heavy atom. The first-order chi connectivity index (χ1) is 14.2. The zero-order chi connectivity index (χ0) is 19.8. The molecule has 1 unspecified atom stereocenters. The lowest BCUT2D eigenvalue weighted by Gasteiger charge is -2.41. The molecule has 5 rings (SSSR count). The van der Waals surface area contributed by atoms with Crippen LogP contribution in [0.4, 0.5) is 0 Å². The molecule has 29 heavy (non-hydrogen) atoms. The highest BCUT2D eigenvalue weighted by molar-refractivity contribution is 5.77. The van der Waals surface area contributed by atoms with Gasteiger partial charge in [-0.05, 0) is 63.0 Å². The fourth-order valence-electron chi connectivity index (χ4n) is 5.11. The normalized spacial score (nSPS) is 24.8.